The Morgan fingerprint density at radius 2 is 1.65 bits per heavy atom. The van der Waals surface area contributed by atoms with Gasteiger partial charge in [-0.05, 0) is 94.4 Å². The van der Waals surface area contributed by atoms with Gasteiger partial charge in [0.05, 0.1) is 39.9 Å². The fourth-order valence-corrected chi connectivity index (χ4v) is 6.04. The molecule has 1 aliphatic rings. The van der Waals surface area contributed by atoms with Crippen molar-refractivity contribution in [2.75, 3.05) is 6.61 Å². The lowest BCUT2D eigenvalue weighted by Gasteiger charge is -2.32. The van der Waals surface area contributed by atoms with E-state index < -0.39 is 18.3 Å². The molecule has 1 fully saturated rings. The van der Waals surface area contributed by atoms with Gasteiger partial charge >= 0.3 is 7.12 Å². The molecular formula is C35H43BN4O3. The van der Waals surface area contributed by atoms with Crippen LogP contribution in [0.15, 0.2) is 54.6 Å². The number of hydrogen-bond donors (Lipinski definition) is 0. The van der Waals surface area contributed by atoms with Gasteiger partial charge in [-0.2, -0.15) is 0 Å². The number of ether oxygens (including phenoxy) is 1. The summed E-state index contributed by atoms with van der Waals surface area (Å²) in [5, 5.41) is 0. The average molecular weight is 579 g/mol. The highest BCUT2D eigenvalue weighted by molar-refractivity contribution is 6.62. The second-order valence-corrected chi connectivity index (χ2v) is 12.8. The maximum Gasteiger partial charge on any atom is 0.495 e. The molecule has 6 rings (SSSR count). The minimum Gasteiger partial charge on any atom is -0.399 e. The van der Waals surface area contributed by atoms with Gasteiger partial charge in [0, 0.05) is 32.2 Å². The summed E-state index contributed by atoms with van der Waals surface area (Å²) in [4.78, 5) is 10.1. The fraction of sp³-hybridized carbons (Fsp3) is 0.429. The molecule has 0 spiro atoms. The number of rotatable bonds is 9. The molecule has 0 aliphatic carbocycles. The lowest BCUT2D eigenvalue weighted by Crippen LogP contribution is -2.41. The number of aryl methyl sites for hydroxylation is 3. The lowest BCUT2D eigenvalue weighted by atomic mass is 9.75. The van der Waals surface area contributed by atoms with Crippen LogP contribution in [-0.2, 0) is 40.7 Å². The molecule has 224 valence electrons. The molecule has 3 aromatic carbocycles. The molecule has 0 radical (unpaired) electrons. The normalized spacial score (nSPS) is 16.1. The molecule has 43 heavy (non-hydrogen) atoms. The van der Waals surface area contributed by atoms with Gasteiger partial charge in [0.1, 0.15) is 11.6 Å². The smallest absolute Gasteiger partial charge is 0.399 e. The van der Waals surface area contributed by atoms with Crippen LogP contribution in [-0.4, -0.2) is 44.0 Å². The van der Waals surface area contributed by atoms with E-state index >= 15 is 0 Å². The molecule has 1 saturated heterocycles. The van der Waals surface area contributed by atoms with E-state index in [9.17, 15) is 0 Å². The Labute approximate surface area is 255 Å². The predicted molar refractivity (Wildman–Crippen MR) is 175 cm³/mol. The summed E-state index contributed by atoms with van der Waals surface area (Å²) >= 11 is 0. The van der Waals surface area contributed by atoms with E-state index in [1.807, 2.05) is 13.0 Å². The first kappa shape index (κ1) is 29.6. The van der Waals surface area contributed by atoms with Gasteiger partial charge in [-0.1, -0.05) is 37.3 Å². The van der Waals surface area contributed by atoms with Crippen molar-refractivity contribution < 1.29 is 14.0 Å². The number of imidazole rings is 2. The van der Waals surface area contributed by atoms with Crippen LogP contribution in [0.4, 0.5) is 0 Å². The minimum absolute atomic E-state index is 0.404. The van der Waals surface area contributed by atoms with E-state index in [-0.39, 0.29) is 0 Å². The van der Waals surface area contributed by atoms with Crippen molar-refractivity contribution in [3.63, 3.8) is 0 Å². The minimum atomic E-state index is -0.433. The monoisotopic (exact) mass is 578 g/mol. The second kappa shape index (κ2) is 11.2. The third-order valence-electron chi connectivity index (χ3n) is 9.16. The fourth-order valence-electron chi connectivity index (χ4n) is 6.04. The molecule has 0 saturated carbocycles. The molecule has 0 atom stereocenters. The Hall–Kier alpha value is -3.46. The van der Waals surface area contributed by atoms with Crippen LogP contribution < -0.4 is 5.46 Å². The summed E-state index contributed by atoms with van der Waals surface area (Å²) in [5.41, 5.74) is 9.07. The molecule has 0 bridgehead atoms. The van der Waals surface area contributed by atoms with Crippen LogP contribution in [0.2, 0.25) is 0 Å². The van der Waals surface area contributed by atoms with Crippen LogP contribution in [0.25, 0.3) is 33.5 Å². The second-order valence-electron chi connectivity index (χ2n) is 12.8. The van der Waals surface area contributed by atoms with Gasteiger partial charge in [0.25, 0.3) is 0 Å². The zero-order chi connectivity index (χ0) is 30.5. The highest BCUT2D eigenvalue weighted by atomic mass is 16.7. The standard InChI is InChI=1S/C35H43BN4O3/c1-9-13-31-38-32-23(3)18-25(33-37-28-14-11-12-15-29(28)39(33)8)20-30(32)40(31)21-24-16-17-27(26(19-24)22-41-10-2)36-42-34(4,5)35(6,7)43-36/h11-12,14-20H,9-10,13,21-22H2,1-8H3. The van der Waals surface area contributed by atoms with E-state index in [4.69, 9.17) is 24.0 Å². The van der Waals surface area contributed by atoms with Crippen molar-refractivity contribution in [1.29, 1.82) is 0 Å². The number of para-hydroxylation sites is 2. The Morgan fingerprint density at radius 1 is 0.907 bits per heavy atom. The predicted octanol–water partition coefficient (Wildman–Crippen LogP) is 6.73. The maximum atomic E-state index is 6.42. The van der Waals surface area contributed by atoms with Crippen molar-refractivity contribution in [2.24, 2.45) is 7.05 Å². The number of hydrogen-bond acceptors (Lipinski definition) is 5. The van der Waals surface area contributed by atoms with Gasteiger partial charge in [-0.15, -0.1) is 0 Å². The summed E-state index contributed by atoms with van der Waals surface area (Å²) in [5.74, 6) is 2.06. The first-order valence-electron chi connectivity index (χ1n) is 15.5. The number of aromatic nitrogens is 4. The van der Waals surface area contributed by atoms with Gasteiger partial charge in [0.2, 0.25) is 0 Å². The van der Waals surface area contributed by atoms with E-state index in [1.165, 1.54) is 5.56 Å². The summed E-state index contributed by atoms with van der Waals surface area (Å²) in [6.07, 6.45) is 1.93. The van der Waals surface area contributed by atoms with Crippen molar-refractivity contribution >= 4 is 34.6 Å². The van der Waals surface area contributed by atoms with E-state index in [2.05, 4.69) is 106 Å². The first-order valence-corrected chi connectivity index (χ1v) is 15.5. The van der Waals surface area contributed by atoms with Crippen molar-refractivity contribution in [2.45, 2.75) is 85.7 Å². The maximum absolute atomic E-state index is 6.42. The van der Waals surface area contributed by atoms with Crippen molar-refractivity contribution in [3.05, 3.63) is 77.1 Å². The highest BCUT2D eigenvalue weighted by Crippen LogP contribution is 2.37. The summed E-state index contributed by atoms with van der Waals surface area (Å²) in [6.45, 7) is 16.6. The average Bonchev–Trinajstić information content (AvgIpc) is 3.56. The first-order chi connectivity index (χ1) is 20.5. The van der Waals surface area contributed by atoms with Crippen LogP contribution in [0, 0.1) is 6.92 Å². The molecule has 1 aliphatic heterocycles. The molecule has 3 heterocycles. The van der Waals surface area contributed by atoms with Gasteiger partial charge < -0.3 is 23.2 Å². The van der Waals surface area contributed by atoms with Crippen molar-refractivity contribution in [3.8, 4) is 11.4 Å². The summed E-state index contributed by atoms with van der Waals surface area (Å²) in [6, 6.07) is 19.4. The van der Waals surface area contributed by atoms with Crippen LogP contribution >= 0.6 is 0 Å². The number of nitrogens with zero attached hydrogens (tertiary/aromatic N) is 4. The molecular weight excluding hydrogens is 535 g/mol. The zero-order valence-corrected chi connectivity index (χ0v) is 26.8. The largest absolute Gasteiger partial charge is 0.495 e. The summed E-state index contributed by atoms with van der Waals surface area (Å²) in [7, 11) is 1.66. The topological polar surface area (TPSA) is 63.3 Å². The molecule has 0 amide bonds. The van der Waals surface area contributed by atoms with Crippen LogP contribution in [0.5, 0.6) is 0 Å². The molecule has 7 nitrogen and oxygen atoms in total. The number of benzene rings is 3. The van der Waals surface area contributed by atoms with E-state index in [1.54, 1.807) is 0 Å². The van der Waals surface area contributed by atoms with E-state index in [0.29, 0.717) is 19.8 Å². The molecule has 8 heteroatoms. The Bertz CT molecular complexity index is 1790. The molecule has 0 N–H and O–H groups in total. The quantitative estimate of drug-likeness (QED) is 0.182. The number of fused-ring (bicyclic) bond motifs is 2. The SMILES string of the molecule is CCCc1nc2c(C)cc(-c3nc4ccccc4n3C)cc2n1Cc1ccc(B2OC(C)(C)C(C)(C)O2)c(COCC)c1. The third-order valence-corrected chi connectivity index (χ3v) is 9.16. The van der Waals surface area contributed by atoms with Gasteiger partial charge in [0.15, 0.2) is 0 Å². The van der Waals surface area contributed by atoms with Gasteiger partial charge in [-0.3, -0.25) is 0 Å². The molecule has 0 unspecified atom stereocenters. The molecule has 2 aromatic heterocycles. The lowest BCUT2D eigenvalue weighted by molar-refractivity contribution is 0.00578. The van der Waals surface area contributed by atoms with Gasteiger partial charge in [-0.25, -0.2) is 9.97 Å². The molecule has 5 aromatic rings. The van der Waals surface area contributed by atoms with Crippen LogP contribution in [0.3, 0.4) is 0 Å². The van der Waals surface area contributed by atoms with Crippen molar-refractivity contribution in [1.82, 2.24) is 19.1 Å². The summed E-state index contributed by atoms with van der Waals surface area (Å²) < 4.78 is 23.3. The Kier molecular flexibility index (Phi) is 7.74. The Morgan fingerprint density at radius 3 is 2.35 bits per heavy atom. The third kappa shape index (κ3) is 5.30. The Balaban J connectivity index is 1.42. The highest BCUT2D eigenvalue weighted by Gasteiger charge is 2.52. The zero-order valence-electron chi connectivity index (χ0n) is 26.8. The van der Waals surface area contributed by atoms with E-state index in [0.717, 1.165) is 68.7 Å². The van der Waals surface area contributed by atoms with Crippen LogP contribution in [0.1, 0.15) is 70.5 Å².